The fraction of sp³-hybridized carbons (Fsp3) is 0.350. The summed E-state index contributed by atoms with van der Waals surface area (Å²) >= 11 is 3.36. The van der Waals surface area contributed by atoms with E-state index in [0.717, 1.165) is 29.0 Å². The molecule has 0 aliphatic heterocycles. The maximum atomic E-state index is 12.6. The minimum Gasteiger partial charge on any atom is -0.348 e. The standard InChI is InChI=1S/C20H23BrN2O3S/c1-14(16-11-10-15-6-5-7-17(15)12-16)22-20(24)13-23(27(2,25)26)19-9-4-3-8-18(19)21/h3-4,8-12,14H,5-7,13H2,1-2H3,(H,22,24). The van der Waals surface area contributed by atoms with E-state index in [1.165, 1.54) is 17.5 Å². The summed E-state index contributed by atoms with van der Waals surface area (Å²) in [7, 11) is -3.60. The Bertz CT molecular complexity index is 959. The van der Waals surface area contributed by atoms with Crippen LogP contribution in [0.5, 0.6) is 0 Å². The van der Waals surface area contributed by atoms with Gasteiger partial charge in [-0.2, -0.15) is 0 Å². The Balaban J connectivity index is 1.74. The molecule has 1 aliphatic carbocycles. The number of aryl methyl sites for hydroxylation is 2. The number of hydrogen-bond donors (Lipinski definition) is 1. The first kappa shape index (κ1) is 19.9. The number of anilines is 1. The molecule has 0 fully saturated rings. The van der Waals surface area contributed by atoms with Crippen LogP contribution in [-0.4, -0.2) is 27.1 Å². The quantitative estimate of drug-likeness (QED) is 0.730. The molecule has 27 heavy (non-hydrogen) atoms. The van der Waals surface area contributed by atoms with Gasteiger partial charge in [-0.05, 0) is 70.9 Å². The van der Waals surface area contributed by atoms with Gasteiger partial charge in [0.1, 0.15) is 6.54 Å². The Kier molecular flexibility index (Phi) is 5.91. The first-order valence-corrected chi connectivity index (χ1v) is 11.5. The van der Waals surface area contributed by atoms with Gasteiger partial charge in [-0.3, -0.25) is 9.10 Å². The summed E-state index contributed by atoms with van der Waals surface area (Å²) in [6.45, 7) is 1.65. The van der Waals surface area contributed by atoms with Crippen molar-refractivity contribution in [3.05, 3.63) is 63.6 Å². The lowest BCUT2D eigenvalue weighted by molar-refractivity contribution is -0.120. The fourth-order valence-corrected chi connectivity index (χ4v) is 4.88. The predicted octanol–water partition coefficient (Wildman–Crippen LogP) is 3.58. The number of hydrogen-bond acceptors (Lipinski definition) is 3. The molecule has 2 aromatic rings. The van der Waals surface area contributed by atoms with Crippen LogP contribution in [0.1, 0.15) is 36.1 Å². The van der Waals surface area contributed by atoms with Crippen LogP contribution >= 0.6 is 15.9 Å². The molecular weight excluding hydrogens is 428 g/mol. The number of nitrogens with one attached hydrogen (secondary N) is 1. The van der Waals surface area contributed by atoms with Crippen molar-refractivity contribution in [2.45, 2.75) is 32.2 Å². The predicted molar refractivity (Wildman–Crippen MR) is 111 cm³/mol. The van der Waals surface area contributed by atoms with Crippen molar-refractivity contribution in [1.82, 2.24) is 5.32 Å². The molecule has 1 amide bonds. The van der Waals surface area contributed by atoms with E-state index < -0.39 is 10.0 Å². The van der Waals surface area contributed by atoms with Crippen LogP contribution in [0.2, 0.25) is 0 Å². The molecule has 1 atom stereocenters. The normalized spacial score (nSPS) is 14.5. The largest absolute Gasteiger partial charge is 0.348 e. The lowest BCUT2D eigenvalue weighted by Gasteiger charge is -2.24. The van der Waals surface area contributed by atoms with Crippen LogP contribution < -0.4 is 9.62 Å². The van der Waals surface area contributed by atoms with Crippen LogP contribution in [0.25, 0.3) is 0 Å². The smallest absolute Gasteiger partial charge is 0.241 e. The number of halogens is 1. The molecule has 1 unspecified atom stereocenters. The van der Waals surface area contributed by atoms with Gasteiger partial charge in [-0.1, -0.05) is 30.3 Å². The highest BCUT2D eigenvalue weighted by Crippen LogP contribution is 2.28. The maximum absolute atomic E-state index is 12.6. The van der Waals surface area contributed by atoms with Gasteiger partial charge >= 0.3 is 0 Å². The third-order valence-electron chi connectivity index (χ3n) is 4.81. The SMILES string of the molecule is CC(NC(=O)CN(c1ccccc1Br)S(C)(=O)=O)c1ccc2c(c1)CCC2. The molecule has 0 heterocycles. The van der Waals surface area contributed by atoms with E-state index in [9.17, 15) is 13.2 Å². The number of fused-ring (bicyclic) bond motifs is 1. The van der Waals surface area contributed by atoms with E-state index in [0.29, 0.717) is 10.2 Å². The van der Waals surface area contributed by atoms with Crippen LogP contribution in [-0.2, 0) is 27.7 Å². The Labute approximate surface area is 169 Å². The number of carbonyl (C=O) groups is 1. The summed E-state index contributed by atoms with van der Waals surface area (Å²) in [6.07, 6.45) is 4.47. The zero-order chi connectivity index (χ0) is 19.6. The van der Waals surface area contributed by atoms with Gasteiger partial charge in [0.2, 0.25) is 15.9 Å². The average molecular weight is 451 g/mol. The number of benzene rings is 2. The van der Waals surface area contributed by atoms with Crippen molar-refractivity contribution in [3.8, 4) is 0 Å². The first-order valence-electron chi connectivity index (χ1n) is 8.89. The van der Waals surface area contributed by atoms with Crippen molar-refractivity contribution >= 4 is 37.5 Å². The number of rotatable bonds is 6. The minimum absolute atomic E-state index is 0.191. The second kappa shape index (κ2) is 8.02. The zero-order valence-corrected chi connectivity index (χ0v) is 17.8. The highest BCUT2D eigenvalue weighted by molar-refractivity contribution is 9.10. The molecule has 0 spiro atoms. The van der Waals surface area contributed by atoms with E-state index in [1.54, 1.807) is 24.3 Å². The number of amides is 1. The number of sulfonamides is 1. The lowest BCUT2D eigenvalue weighted by atomic mass is 10.0. The van der Waals surface area contributed by atoms with Gasteiger partial charge in [-0.15, -0.1) is 0 Å². The van der Waals surface area contributed by atoms with Gasteiger partial charge in [0.05, 0.1) is 18.0 Å². The highest BCUT2D eigenvalue weighted by atomic mass is 79.9. The molecule has 0 radical (unpaired) electrons. The Hall–Kier alpha value is -1.86. The van der Waals surface area contributed by atoms with Crippen LogP contribution in [0.4, 0.5) is 5.69 Å². The first-order chi connectivity index (χ1) is 12.8. The zero-order valence-electron chi connectivity index (χ0n) is 15.4. The van der Waals surface area contributed by atoms with Crippen LogP contribution in [0, 0.1) is 0 Å². The van der Waals surface area contributed by atoms with Gasteiger partial charge in [0, 0.05) is 4.47 Å². The second-order valence-corrected chi connectivity index (χ2v) is 9.65. The third kappa shape index (κ3) is 4.71. The highest BCUT2D eigenvalue weighted by Gasteiger charge is 2.23. The molecule has 1 aliphatic rings. The summed E-state index contributed by atoms with van der Waals surface area (Å²) in [5.74, 6) is -0.343. The summed E-state index contributed by atoms with van der Waals surface area (Å²) in [4.78, 5) is 12.6. The number of carbonyl (C=O) groups excluding carboxylic acids is 1. The van der Waals surface area contributed by atoms with Crippen molar-refractivity contribution in [3.63, 3.8) is 0 Å². The van der Waals surface area contributed by atoms with E-state index in [4.69, 9.17) is 0 Å². The average Bonchev–Trinajstić information content (AvgIpc) is 3.07. The molecule has 1 N–H and O–H groups in total. The second-order valence-electron chi connectivity index (χ2n) is 6.89. The number of para-hydroxylation sites is 1. The van der Waals surface area contributed by atoms with Gasteiger partial charge in [0.15, 0.2) is 0 Å². The Morgan fingerprint density at radius 1 is 1.19 bits per heavy atom. The van der Waals surface area contributed by atoms with E-state index in [-0.39, 0.29) is 18.5 Å². The van der Waals surface area contributed by atoms with Crippen molar-refractivity contribution < 1.29 is 13.2 Å². The monoisotopic (exact) mass is 450 g/mol. The summed E-state index contributed by atoms with van der Waals surface area (Å²) in [5.41, 5.74) is 4.21. The topological polar surface area (TPSA) is 66.5 Å². The third-order valence-corrected chi connectivity index (χ3v) is 6.61. The van der Waals surface area contributed by atoms with Crippen molar-refractivity contribution in [2.75, 3.05) is 17.1 Å². The molecule has 0 aromatic heterocycles. The minimum atomic E-state index is -3.60. The van der Waals surface area contributed by atoms with E-state index in [2.05, 4.69) is 33.4 Å². The molecule has 7 heteroatoms. The molecule has 0 bridgehead atoms. The molecule has 3 rings (SSSR count). The van der Waals surface area contributed by atoms with Crippen molar-refractivity contribution in [2.24, 2.45) is 0 Å². The number of nitrogens with zero attached hydrogens (tertiary/aromatic N) is 1. The van der Waals surface area contributed by atoms with Crippen LogP contribution in [0.15, 0.2) is 46.9 Å². The molecule has 5 nitrogen and oxygen atoms in total. The summed E-state index contributed by atoms with van der Waals surface area (Å²) < 4.78 is 26.2. The van der Waals surface area contributed by atoms with E-state index in [1.807, 2.05) is 13.0 Å². The molecule has 2 aromatic carbocycles. The van der Waals surface area contributed by atoms with Crippen LogP contribution in [0.3, 0.4) is 0 Å². The Morgan fingerprint density at radius 2 is 1.89 bits per heavy atom. The molecule has 0 saturated heterocycles. The summed E-state index contributed by atoms with van der Waals surface area (Å²) in [6, 6.07) is 13.1. The van der Waals surface area contributed by atoms with Crippen molar-refractivity contribution in [1.29, 1.82) is 0 Å². The molecular formula is C20H23BrN2O3S. The summed E-state index contributed by atoms with van der Waals surface area (Å²) in [5, 5.41) is 2.92. The van der Waals surface area contributed by atoms with Gasteiger partial charge < -0.3 is 5.32 Å². The molecule has 144 valence electrons. The maximum Gasteiger partial charge on any atom is 0.241 e. The fourth-order valence-electron chi connectivity index (χ4n) is 3.40. The lowest BCUT2D eigenvalue weighted by Crippen LogP contribution is -2.41. The Morgan fingerprint density at radius 3 is 2.59 bits per heavy atom. The molecule has 0 saturated carbocycles. The van der Waals surface area contributed by atoms with Gasteiger partial charge in [-0.25, -0.2) is 8.42 Å². The van der Waals surface area contributed by atoms with Gasteiger partial charge in [0.25, 0.3) is 0 Å². The van der Waals surface area contributed by atoms with E-state index >= 15 is 0 Å².